The van der Waals surface area contributed by atoms with E-state index in [1.54, 1.807) is 31.5 Å². The molecular formula is C55H70N10O8. The van der Waals surface area contributed by atoms with E-state index in [1.165, 1.54) is 0 Å². The van der Waals surface area contributed by atoms with E-state index < -0.39 is 35.7 Å². The molecule has 18 nitrogen and oxygen atoms in total. The Morgan fingerprint density at radius 3 is 2.38 bits per heavy atom. The van der Waals surface area contributed by atoms with E-state index >= 15 is 0 Å². The summed E-state index contributed by atoms with van der Waals surface area (Å²) in [4.78, 5) is 79.8. The molecule has 0 spiro atoms. The van der Waals surface area contributed by atoms with Gasteiger partial charge in [0.05, 0.1) is 32.9 Å². The normalized spacial score (nSPS) is 16.9. The number of fused-ring (bicyclic) bond motifs is 1. The number of carbonyl (C=O) groups is 5. The summed E-state index contributed by atoms with van der Waals surface area (Å²) in [7, 11) is 1.61. The molecule has 1 aliphatic carbocycles. The summed E-state index contributed by atoms with van der Waals surface area (Å²) in [5.74, 6) is -2.33. The zero-order valence-electron chi connectivity index (χ0n) is 41.6. The monoisotopic (exact) mass is 999 g/mol. The van der Waals surface area contributed by atoms with Gasteiger partial charge in [-0.25, -0.2) is 0 Å². The van der Waals surface area contributed by atoms with Gasteiger partial charge in [0.15, 0.2) is 11.7 Å². The van der Waals surface area contributed by atoms with Gasteiger partial charge in [0.25, 0.3) is 0 Å². The first-order valence-electron chi connectivity index (χ1n) is 25.3. The minimum absolute atomic E-state index is 0.0371. The van der Waals surface area contributed by atoms with Crippen LogP contribution in [0.25, 0.3) is 22.0 Å². The lowest BCUT2D eigenvalue weighted by molar-refractivity contribution is -0.133. The zero-order chi connectivity index (χ0) is 51.7. The van der Waals surface area contributed by atoms with Crippen molar-refractivity contribution in [2.24, 2.45) is 34.0 Å². The van der Waals surface area contributed by atoms with E-state index in [4.69, 9.17) is 26.7 Å². The first kappa shape index (κ1) is 53.4. The molecular weight excluding hydrogens is 929 g/mol. The Kier molecular flexibility index (Phi) is 19.2. The Morgan fingerprint density at radius 2 is 1.64 bits per heavy atom. The quantitative estimate of drug-likeness (QED) is 0.0229. The van der Waals surface area contributed by atoms with Crippen molar-refractivity contribution in [3.63, 3.8) is 0 Å². The van der Waals surface area contributed by atoms with Gasteiger partial charge in [-0.15, -0.1) is 0 Å². The fraction of sp³-hybridized carbons (Fsp3) is 0.418. The number of anilines is 2. The fourth-order valence-corrected chi connectivity index (χ4v) is 9.68. The van der Waals surface area contributed by atoms with Gasteiger partial charge in [0.2, 0.25) is 23.6 Å². The zero-order valence-corrected chi connectivity index (χ0v) is 41.6. The van der Waals surface area contributed by atoms with Crippen molar-refractivity contribution >= 4 is 57.6 Å². The van der Waals surface area contributed by atoms with Crippen LogP contribution in [0.4, 0.5) is 11.4 Å². The van der Waals surface area contributed by atoms with Gasteiger partial charge in [0, 0.05) is 84.4 Å². The number of nitrogens with one attached hydrogen (secondary N) is 5. The molecule has 2 aliphatic rings. The number of H-pyrrole nitrogens is 1. The number of morpholine rings is 1. The number of phenols is 1. The Hall–Kier alpha value is -7.44. The SMILES string of the molecule is COc1ccccc1-c1ccc(C[C@H](NC(=O)[C@H](Cc2c[nH]c3ccc(O)cc23)NC(=O)[C@H]2CCC[C@H](N)C2)C(=O)CC[C@@H](CCCCN=C(N)N)C(=O)NCC(=O)Nc2ccc(N3CCOCC3)cc2)cc1. The van der Waals surface area contributed by atoms with Crippen LogP contribution in [0, 0.1) is 11.8 Å². The highest BCUT2D eigenvalue weighted by molar-refractivity contribution is 5.96. The number of ether oxygens (including phenoxy) is 2. The lowest BCUT2D eigenvalue weighted by atomic mass is 9.85. The molecule has 5 aromatic rings. The van der Waals surface area contributed by atoms with Gasteiger partial charge >= 0.3 is 0 Å². The van der Waals surface area contributed by atoms with Crippen molar-refractivity contribution in [1.29, 1.82) is 0 Å². The summed E-state index contributed by atoms with van der Waals surface area (Å²) >= 11 is 0. The maximum Gasteiger partial charge on any atom is 0.243 e. The number of aromatic amines is 1. The number of phenolic OH excluding ortho intramolecular Hbond substituents is 1. The van der Waals surface area contributed by atoms with Crippen molar-refractivity contribution < 1.29 is 38.6 Å². The number of hydrogen-bond donors (Lipinski definition) is 9. The molecule has 0 bridgehead atoms. The number of rotatable bonds is 24. The number of aromatic hydroxyl groups is 1. The molecule has 5 atom stereocenters. The van der Waals surface area contributed by atoms with Gasteiger partial charge in [-0.1, -0.05) is 55.3 Å². The molecule has 2 heterocycles. The van der Waals surface area contributed by atoms with Crippen LogP contribution in [0.5, 0.6) is 11.5 Å². The number of nitrogens with two attached hydrogens (primary N) is 3. The third-order valence-corrected chi connectivity index (χ3v) is 13.7. The number of unbranched alkanes of at least 4 members (excludes halogenated alkanes) is 1. The van der Waals surface area contributed by atoms with Crippen LogP contribution in [0.1, 0.15) is 68.9 Å². The number of hydrogen-bond acceptors (Lipinski definition) is 11. The number of para-hydroxylation sites is 1. The summed E-state index contributed by atoms with van der Waals surface area (Å²) in [5, 5.41) is 22.7. The largest absolute Gasteiger partial charge is 0.508 e. The number of benzene rings is 4. The third kappa shape index (κ3) is 15.5. The number of amides is 4. The molecule has 12 N–H and O–H groups in total. The number of nitrogens with zero attached hydrogens (tertiary/aromatic N) is 2. The number of carbonyl (C=O) groups excluding carboxylic acids is 5. The smallest absolute Gasteiger partial charge is 0.243 e. The van der Waals surface area contributed by atoms with Crippen LogP contribution in [0.2, 0.25) is 0 Å². The molecule has 1 saturated heterocycles. The fourth-order valence-electron chi connectivity index (χ4n) is 9.68. The van der Waals surface area contributed by atoms with Crippen molar-refractivity contribution in [3.8, 4) is 22.6 Å². The molecule has 1 saturated carbocycles. The molecule has 73 heavy (non-hydrogen) atoms. The van der Waals surface area contributed by atoms with E-state index in [0.717, 1.165) is 53.8 Å². The molecule has 0 radical (unpaired) electrons. The summed E-state index contributed by atoms with van der Waals surface area (Å²) < 4.78 is 11.1. The Balaban J connectivity index is 1.09. The highest BCUT2D eigenvalue weighted by Crippen LogP contribution is 2.31. The van der Waals surface area contributed by atoms with E-state index in [9.17, 15) is 29.1 Å². The number of Topliss-reactive ketones (excluding diaryl/α,β-unsaturated/α-hetero) is 1. The first-order valence-corrected chi connectivity index (χ1v) is 25.3. The van der Waals surface area contributed by atoms with Crippen LogP contribution in [0.15, 0.2) is 102 Å². The van der Waals surface area contributed by atoms with Gasteiger partial charge in [-0.2, -0.15) is 0 Å². The van der Waals surface area contributed by atoms with Crippen LogP contribution >= 0.6 is 0 Å². The predicted octanol–water partition coefficient (Wildman–Crippen LogP) is 4.82. The van der Waals surface area contributed by atoms with Crippen LogP contribution in [-0.4, -0.2) is 110 Å². The molecule has 4 aromatic carbocycles. The Labute approximate surface area is 426 Å². The van der Waals surface area contributed by atoms with E-state index in [0.29, 0.717) is 74.2 Å². The van der Waals surface area contributed by atoms with Crippen LogP contribution in [-0.2, 0) is 41.6 Å². The van der Waals surface area contributed by atoms with Crippen molar-refractivity contribution in [2.45, 2.75) is 88.8 Å². The second-order valence-corrected chi connectivity index (χ2v) is 19.0. The number of ketones is 1. The maximum absolute atomic E-state index is 14.7. The van der Waals surface area contributed by atoms with Crippen LogP contribution in [0.3, 0.4) is 0 Å². The topological polar surface area (TPSA) is 282 Å². The van der Waals surface area contributed by atoms with Gasteiger partial charge in [-0.05, 0) is 110 Å². The van der Waals surface area contributed by atoms with E-state index in [-0.39, 0.29) is 67.6 Å². The number of guanidine groups is 1. The number of methoxy groups -OCH3 is 1. The number of aliphatic imine (C=N–C) groups is 1. The van der Waals surface area contributed by atoms with Gasteiger partial charge in [0.1, 0.15) is 17.5 Å². The second kappa shape index (κ2) is 26.3. The molecule has 7 rings (SSSR count). The van der Waals surface area contributed by atoms with Crippen molar-refractivity contribution in [2.75, 3.05) is 56.7 Å². The molecule has 4 amide bonds. The van der Waals surface area contributed by atoms with E-state index in [1.807, 2.05) is 72.8 Å². The minimum atomic E-state index is -1.10. The lowest BCUT2D eigenvalue weighted by Gasteiger charge is -2.28. The maximum atomic E-state index is 14.7. The molecule has 18 heteroatoms. The first-order chi connectivity index (χ1) is 35.3. The average Bonchev–Trinajstić information content (AvgIpc) is 3.79. The third-order valence-electron chi connectivity index (χ3n) is 13.7. The van der Waals surface area contributed by atoms with E-state index in [2.05, 4.69) is 36.1 Å². The molecule has 1 aromatic heterocycles. The van der Waals surface area contributed by atoms with Crippen molar-refractivity contribution in [3.05, 3.63) is 108 Å². The predicted molar refractivity (Wildman–Crippen MR) is 283 cm³/mol. The lowest BCUT2D eigenvalue weighted by Crippen LogP contribution is -2.54. The summed E-state index contributed by atoms with van der Waals surface area (Å²) in [6, 6.07) is 25.4. The van der Waals surface area contributed by atoms with Crippen molar-refractivity contribution in [1.82, 2.24) is 20.9 Å². The van der Waals surface area contributed by atoms with Crippen LogP contribution < -0.4 is 48.1 Å². The summed E-state index contributed by atoms with van der Waals surface area (Å²) in [6.45, 7) is 2.94. The van der Waals surface area contributed by atoms with Gasteiger partial charge in [-0.3, -0.25) is 29.0 Å². The number of aromatic nitrogens is 1. The average molecular weight is 999 g/mol. The summed E-state index contributed by atoms with van der Waals surface area (Å²) in [5.41, 5.74) is 22.9. The standard InChI is InChI=1S/C55H70N10O8/c1-72-50-11-3-2-10-44(50)36-14-12-35(13-15-36)29-47(63-54(71)48(64-53(70)38-8-6-9-40(56)30-38)31-39-33-60-46-22-21-43(66)32-45(39)46)49(67)23-16-37(7-4-5-24-59-55(57)58)52(69)61-34-51(68)62-41-17-19-42(20-18-41)65-25-27-73-28-26-65/h2-3,10-15,17-22,32-33,37-38,40,47-48,60,66H,4-9,16,23-31,34,56H2,1H3,(H,61,69)(H,62,68)(H,63,71)(H,64,70)(H4,57,58,59)/t37-,38+,40+,47+,48+/m1/s1. The summed E-state index contributed by atoms with van der Waals surface area (Å²) in [6.07, 6.45) is 6.20. The highest BCUT2D eigenvalue weighted by Gasteiger charge is 2.32. The van der Waals surface area contributed by atoms with Gasteiger partial charge < -0.3 is 62.9 Å². The minimum Gasteiger partial charge on any atom is -0.508 e. The molecule has 1 aliphatic heterocycles. The Morgan fingerprint density at radius 1 is 0.877 bits per heavy atom. The molecule has 2 fully saturated rings. The molecule has 388 valence electrons. The second-order valence-electron chi connectivity index (χ2n) is 19.0. The highest BCUT2D eigenvalue weighted by atomic mass is 16.5. The Bertz CT molecular complexity index is 2680. The molecule has 0 unspecified atom stereocenters.